The number of rotatable bonds is 1. The van der Waals surface area contributed by atoms with E-state index >= 15 is 0 Å². The summed E-state index contributed by atoms with van der Waals surface area (Å²) in [6.07, 6.45) is 0. The van der Waals surface area contributed by atoms with Crippen LogP contribution in [-0.2, 0) is 0 Å². The molecule has 2 fully saturated rings. The highest BCUT2D eigenvalue weighted by Crippen LogP contribution is 2.19. The Morgan fingerprint density at radius 1 is 1.20 bits per heavy atom. The molecule has 0 saturated carbocycles. The molecule has 0 spiro atoms. The van der Waals surface area contributed by atoms with Crippen molar-refractivity contribution in [1.29, 1.82) is 0 Å². The molecule has 2 aliphatic rings. The highest BCUT2D eigenvalue weighted by atomic mass is 31.1. The molecule has 5 heteroatoms. The van der Waals surface area contributed by atoms with Crippen LogP contribution < -0.4 is 0 Å². The maximum Gasteiger partial charge on any atom is 0.202 e. The average Bonchev–Trinajstić information content (AvgIpc) is 2.77. The van der Waals surface area contributed by atoms with Gasteiger partial charge in [-0.05, 0) is 0 Å². The molecule has 0 aliphatic carbocycles. The van der Waals surface area contributed by atoms with E-state index in [2.05, 4.69) is 14.6 Å². The monoisotopic (exact) mass is 159 g/mol. The summed E-state index contributed by atoms with van der Waals surface area (Å²) in [4.78, 5) is 12.9. The minimum atomic E-state index is -0.292. The lowest BCUT2D eigenvalue weighted by atomic mass is 10.9. The van der Waals surface area contributed by atoms with Crippen LogP contribution in [0.25, 0.3) is 0 Å². The number of hydrogen-bond acceptors (Lipinski definition) is 2. The first-order chi connectivity index (χ1) is 4.92. The Morgan fingerprint density at radius 2 is 1.70 bits per heavy atom. The summed E-state index contributed by atoms with van der Waals surface area (Å²) in [5, 5.41) is 0. The molecule has 0 aromatic carbocycles. The molecule has 2 rings (SSSR count). The van der Waals surface area contributed by atoms with Crippen molar-refractivity contribution in [1.82, 2.24) is 9.80 Å². The minimum absolute atomic E-state index is 0.292. The maximum atomic E-state index is 8.58. The van der Waals surface area contributed by atoms with Crippen molar-refractivity contribution in [3.05, 3.63) is 0 Å². The van der Waals surface area contributed by atoms with Gasteiger partial charge in [0, 0.05) is 26.2 Å². The van der Waals surface area contributed by atoms with Gasteiger partial charge in [-0.3, -0.25) is 0 Å². The van der Waals surface area contributed by atoms with Crippen LogP contribution in [0.1, 0.15) is 0 Å². The predicted octanol–water partition coefficient (Wildman–Crippen LogP) is -0.526. The van der Waals surface area contributed by atoms with Crippen molar-refractivity contribution < 1.29 is 4.89 Å². The lowest BCUT2D eigenvalue weighted by Crippen LogP contribution is -2.19. The van der Waals surface area contributed by atoms with Crippen LogP contribution >= 0.6 is 8.96 Å². The number of hydrogen-bond donors (Lipinski definition) is 1. The van der Waals surface area contributed by atoms with Crippen molar-refractivity contribution in [3.63, 3.8) is 0 Å². The highest BCUT2D eigenvalue weighted by Gasteiger charge is 2.32. The van der Waals surface area contributed by atoms with Gasteiger partial charge in [0.25, 0.3) is 0 Å². The fraction of sp³-hybridized carbons (Fsp3) is 0.800. The molecule has 2 saturated heterocycles. The summed E-state index contributed by atoms with van der Waals surface area (Å²) in [5.74, 6) is 1.00. The minimum Gasteiger partial charge on any atom is -0.356 e. The molecular formula is C5H10N3OP. The van der Waals surface area contributed by atoms with Crippen LogP contribution in [0.5, 0.6) is 0 Å². The normalized spacial score (nSPS) is 22.1. The Morgan fingerprint density at radius 3 is 2.00 bits per heavy atom. The van der Waals surface area contributed by atoms with Crippen LogP contribution in [0.2, 0.25) is 0 Å². The van der Waals surface area contributed by atoms with E-state index in [1.807, 2.05) is 0 Å². The lowest BCUT2D eigenvalue weighted by molar-refractivity contribution is 0.639. The second-order valence-electron chi connectivity index (χ2n) is 2.49. The van der Waals surface area contributed by atoms with Crippen LogP contribution in [0.3, 0.4) is 0 Å². The van der Waals surface area contributed by atoms with Crippen LogP contribution in [0.15, 0.2) is 4.76 Å². The summed E-state index contributed by atoms with van der Waals surface area (Å²) >= 11 is 0. The largest absolute Gasteiger partial charge is 0.356 e. The molecular weight excluding hydrogens is 149 g/mol. The molecule has 0 aromatic heterocycles. The SMILES string of the molecule is OPN=C(N1CC1)N1CC1. The zero-order valence-electron chi connectivity index (χ0n) is 5.62. The predicted molar refractivity (Wildman–Crippen MR) is 41.1 cm³/mol. The lowest BCUT2D eigenvalue weighted by Gasteiger charge is -2.06. The van der Waals surface area contributed by atoms with Gasteiger partial charge in [0.2, 0.25) is 5.96 Å². The zero-order chi connectivity index (χ0) is 6.97. The standard InChI is InChI=1S/C5H10N3OP/c9-10-6-5(7-1-2-7)8-3-4-8/h9-10H,1-4H2. The molecule has 1 N–H and O–H groups in total. The first-order valence-electron chi connectivity index (χ1n) is 3.38. The molecule has 2 aliphatic heterocycles. The molecule has 56 valence electrons. The van der Waals surface area contributed by atoms with Crippen LogP contribution in [-0.4, -0.2) is 46.8 Å². The van der Waals surface area contributed by atoms with E-state index in [9.17, 15) is 0 Å². The van der Waals surface area contributed by atoms with Gasteiger partial charge < -0.3 is 14.7 Å². The second kappa shape index (κ2) is 2.36. The average molecular weight is 159 g/mol. The maximum absolute atomic E-state index is 8.58. The Bertz CT molecular complexity index is 150. The Balaban J connectivity index is 1.98. The fourth-order valence-corrected chi connectivity index (χ4v) is 1.26. The smallest absolute Gasteiger partial charge is 0.202 e. The van der Waals surface area contributed by atoms with Gasteiger partial charge in [0.15, 0.2) is 0 Å². The molecule has 2 heterocycles. The third-order valence-electron chi connectivity index (χ3n) is 1.61. The summed E-state index contributed by atoms with van der Waals surface area (Å²) < 4.78 is 4.00. The van der Waals surface area contributed by atoms with Crippen molar-refractivity contribution in [2.45, 2.75) is 0 Å². The molecule has 0 aromatic rings. The first-order valence-corrected chi connectivity index (χ1v) is 4.28. The molecule has 10 heavy (non-hydrogen) atoms. The van der Waals surface area contributed by atoms with Gasteiger partial charge in [0.05, 0.1) is 0 Å². The van der Waals surface area contributed by atoms with E-state index in [1.165, 1.54) is 0 Å². The summed E-state index contributed by atoms with van der Waals surface area (Å²) in [6.45, 7) is 4.44. The molecule has 1 atom stereocenters. The van der Waals surface area contributed by atoms with Gasteiger partial charge in [-0.2, -0.15) is 0 Å². The second-order valence-corrected chi connectivity index (χ2v) is 2.91. The van der Waals surface area contributed by atoms with Gasteiger partial charge >= 0.3 is 0 Å². The number of nitrogens with zero attached hydrogens (tertiary/aromatic N) is 3. The van der Waals surface area contributed by atoms with Crippen molar-refractivity contribution in [2.75, 3.05) is 26.2 Å². The van der Waals surface area contributed by atoms with E-state index in [0.29, 0.717) is 0 Å². The van der Waals surface area contributed by atoms with Crippen LogP contribution in [0.4, 0.5) is 0 Å². The van der Waals surface area contributed by atoms with Gasteiger partial charge in [-0.1, -0.05) is 0 Å². The summed E-state index contributed by atoms with van der Waals surface area (Å²) in [7, 11) is -0.292. The topological polar surface area (TPSA) is 38.6 Å². The van der Waals surface area contributed by atoms with Crippen LogP contribution in [0, 0.1) is 0 Å². The van der Waals surface area contributed by atoms with E-state index in [4.69, 9.17) is 4.89 Å². The summed E-state index contributed by atoms with van der Waals surface area (Å²) in [6, 6.07) is 0. The molecule has 4 nitrogen and oxygen atoms in total. The van der Waals surface area contributed by atoms with Gasteiger partial charge in [-0.15, -0.1) is 0 Å². The molecule has 0 amide bonds. The van der Waals surface area contributed by atoms with E-state index in [-0.39, 0.29) is 8.96 Å². The van der Waals surface area contributed by atoms with E-state index in [0.717, 1.165) is 32.1 Å². The quantitative estimate of drug-likeness (QED) is 0.242. The highest BCUT2D eigenvalue weighted by molar-refractivity contribution is 7.29. The van der Waals surface area contributed by atoms with Crippen molar-refractivity contribution >= 4 is 14.9 Å². The zero-order valence-corrected chi connectivity index (χ0v) is 6.62. The van der Waals surface area contributed by atoms with E-state index in [1.54, 1.807) is 0 Å². The van der Waals surface area contributed by atoms with E-state index < -0.39 is 0 Å². The fourth-order valence-electron chi connectivity index (χ4n) is 0.886. The molecule has 0 bridgehead atoms. The summed E-state index contributed by atoms with van der Waals surface area (Å²) in [5.41, 5.74) is 0. The third kappa shape index (κ3) is 1.22. The Hall–Kier alpha value is -0.340. The van der Waals surface area contributed by atoms with Crippen molar-refractivity contribution in [2.24, 2.45) is 4.76 Å². The number of guanidine groups is 1. The van der Waals surface area contributed by atoms with Gasteiger partial charge in [-0.25, -0.2) is 4.76 Å². The molecule has 0 radical (unpaired) electrons. The molecule has 1 unspecified atom stereocenters. The Labute approximate surface area is 61.5 Å². The first kappa shape index (κ1) is 6.38. The van der Waals surface area contributed by atoms with Gasteiger partial charge in [0.1, 0.15) is 8.96 Å². The third-order valence-corrected chi connectivity index (χ3v) is 1.91. The van der Waals surface area contributed by atoms with Crippen molar-refractivity contribution in [3.8, 4) is 0 Å². The Kier molecular flexibility index (Phi) is 1.51.